The SMILES string of the molecule is CCc1ccsc1C(=O)N1CC(C(=O)O)CCC1C. The predicted molar refractivity (Wildman–Crippen MR) is 74.6 cm³/mol. The van der Waals surface area contributed by atoms with Gasteiger partial charge in [0.25, 0.3) is 5.91 Å². The number of carbonyl (C=O) groups excluding carboxylic acids is 1. The Hall–Kier alpha value is -1.36. The van der Waals surface area contributed by atoms with Crippen LogP contribution in [0.15, 0.2) is 11.4 Å². The van der Waals surface area contributed by atoms with E-state index in [1.54, 1.807) is 4.90 Å². The van der Waals surface area contributed by atoms with Crippen LogP contribution in [0.4, 0.5) is 0 Å². The number of aliphatic carboxylic acids is 1. The van der Waals surface area contributed by atoms with Crippen LogP contribution in [0.2, 0.25) is 0 Å². The quantitative estimate of drug-likeness (QED) is 0.926. The first-order chi connectivity index (χ1) is 9.04. The maximum absolute atomic E-state index is 12.6. The number of carbonyl (C=O) groups is 2. The Bertz CT molecular complexity index is 483. The smallest absolute Gasteiger partial charge is 0.308 e. The van der Waals surface area contributed by atoms with Crippen LogP contribution in [0.3, 0.4) is 0 Å². The molecule has 1 aliphatic heterocycles. The number of rotatable bonds is 3. The van der Waals surface area contributed by atoms with Gasteiger partial charge in [-0.1, -0.05) is 6.92 Å². The molecule has 1 aromatic heterocycles. The lowest BCUT2D eigenvalue weighted by molar-refractivity contribution is -0.143. The Kier molecular flexibility index (Phi) is 4.24. The van der Waals surface area contributed by atoms with Gasteiger partial charge >= 0.3 is 5.97 Å². The molecule has 0 aliphatic carbocycles. The molecule has 19 heavy (non-hydrogen) atoms. The molecule has 0 bridgehead atoms. The highest BCUT2D eigenvalue weighted by molar-refractivity contribution is 7.12. The van der Waals surface area contributed by atoms with Crippen molar-refractivity contribution in [3.63, 3.8) is 0 Å². The molecule has 1 amide bonds. The van der Waals surface area contributed by atoms with Gasteiger partial charge in [0.05, 0.1) is 10.8 Å². The Balaban J connectivity index is 2.19. The van der Waals surface area contributed by atoms with Crippen molar-refractivity contribution in [2.24, 2.45) is 5.92 Å². The van der Waals surface area contributed by atoms with Crippen molar-refractivity contribution in [2.75, 3.05) is 6.54 Å². The van der Waals surface area contributed by atoms with Crippen LogP contribution < -0.4 is 0 Å². The van der Waals surface area contributed by atoms with Crippen molar-refractivity contribution in [3.05, 3.63) is 21.9 Å². The summed E-state index contributed by atoms with van der Waals surface area (Å²) < 4.78 is 0. The standard InChI is InChI=1S/C14H19NO3S/c1-3-10-6-7-19-12(10)13(16)15-8-11(14(17)18)5-4-9(15)2/h6-7,9,11H,3-5,8H2,1-2H3,(H,17,18). The number of carboxylic acids is 1. The number of thiophene rings is 1. The van der Waals surface area contributed by atoms with Crippen molar-refractivity contribution in [2.45, 2.75) is 39.2 Å². The zero-order chi connectivity index (χ0) is 14.0. The molecule has 4 nitrogen and oxygen atoms in total. The van der Waals surface area contributed by atoms with Gasteiger partial charge in [0, 0.05) is 12.6 Å². The van der Waals surface area contributed by atoms with E-state index in [2.05, 4.69) is 0 Å². The molecule has 1 aromatic rings. The molecule has 2 atom stereocenters. The molecule has 5 heteroatoms. The first kappa shape index (κ1) is 14.1. The van der Waals surface area contributed by atoms with Crippen molar-refractivity contribution in [1.29, 1.82) is 0 Å². The highest BCUT2D eigenvalue weighted by atomic mass is 32.1. The summed E-state index contributed by atoms with van der Waals surface area (Å²) in [6.45, 7) is 4.35. The third-order valence-electron chi connectivity index (χ3n) is 3.81. The summed E-state index contributed by atoms with van der Waals surface area (Å²) in [5.41, 5.74) is 1.06. The fourth-order valence-electron chi connectivity index (χ4n) is 2.52. The Morgan fingerprint density at radius 3 is 2.84 bits per heavy atom. The summed E-state index contributed by atoms with van der Waals surface area (Å²) >= 11 is 1.45. The monoisotopic (exact) mass is 281 g/mol. The van der Waals surface area contributed by atoms with E-state index in [0.717, 1.165) is 23.3 Å². The Morgan fingerprint density at radius 1 is 1.47 bits per heavy atom. The number of aryl methyl sites for hydroxylation is 1. The second-order valence-electron chi connectivity index (χ2n) is 5.05. The van der Waals surface area contributed by atoms with Crippen LogP contribution in [0.25, 0.3) is 0 Å². The maximum atomic E-state index is 12.6. The molecule has 2 heterocycles. The summed E-state index contributed by atoms with van der Waals surface area (Å²) in [4.78, 5) is 26.2. The molecular formula is C14H19NO3S. The van der Waals surface area contributed by atoms with Gasteiger partial charge in [0.15, 0.2) is 0 Å². The van der Waals surface area contributed by atoms with Gasteiger partial charge in [0.1, 0.15) is 0 Å². The van der Waals surface area contributed by atoms with Gasteiger partial charge in [-0.25, -0.2) is 0 Å². The Labute approximate surface area is 117 Å². The average molecular weight is 281 g/mol. The molecule has 1 N–H and O–H groups in total. The predicted octanol–water partition coefficient (Wildman–Crippen LogP) is 2.64. The van der Waals surface area contributed by atoms with E-state index in [9.17, 15) is 9.59 Å². The maximum Gasteiger partial charge on any atom is 0.308 e. The fourth-order valence-corrected chi connectivity index (χ4v) is 3.47. The van der Waals surface area contributed by atoms with E-state index in [1.165, 1.54) is 11.3 Å². The summed E-state index contributed by atoms with van der Waals surface area (Å²) in [5.74, 6) is -1.23. The molecule has 0 radical (unpaired) electrons. The molecule has 0 spiro atoms. The van der Waals surface area contributed by atoms with Crippen LogP contribution in [0, 0.1) is 5.92 Å². The second-order valence-corrected chi connectivity index (χ2v) is 5.96. The summed E-state index contributed by atoms with van der Waals surface area (Å²) in [7, 11) is 0. The van der Waals surface area contributed by atoms with Gasteiger partial charge in [-0.3, -0.25) is 9.59 Å². The normalized spacial score (nSPS) is 23.4. The third kappa shape index (κ3) is 2.81. The number of amides is 1. The van der Waals surface area contributed by atoms with E-state index in [-0.39, 0.29) is 11.9 Å². The van der Waals surface area contributed by atoms with Crippen LogP contribution in [0.5, 0.6) is 0 Å². The minimum atomic E-state index is -0.799. The summed E-state index contributed by atoms with van der Waals surface area (Å²) in [6.07, 6.45) is 2.25. The first-order valence-electron chi connectivity index (χ1n) is 6.64. The number of hydrogen-bond donors (Lipinski definition) is 1. The number of nitrogens with zero attached hydrogens (tertiary/aromatic N) is 1. The van der Waals surface area contributed by atoms with Crippen LogP contribution >= 0.6 is 11.3 Å². The van der Waals surface area contributed by atoms with Gasteiger partial charge in [0.2, 0.25) is 0 Å². The van der Waals surface area contributed by atoms with Gasteiger partial charge < -0.3 is 10.0 Å². The lowest BCUT2D eigenvalue weighted by Gasteiger charge is -2.36. The Morgan fingerprint density at radius 2 is 2.21 bits per heavy atom. The molecule has 1 fully saturated rings. The van der Waals surface area contributed by atoms with Gasteiger partial charge in [-0.15, -0.1) is 11.3 Å². The largest absolute Gasteiger partial charge is 0.481 e. The van der Waals surface area contributed by atoms with Crippen LogP contribution in [-0.2, 0) is 11.2 Å². The minimum absolute atomic E-state index is 0.00898. The van der Waals surface area contributed by atoms with E-state index < -0.39 is 11.9 Å². The summed E-state index contributed by atoms with van der Waals surface area (Å²) in [6, 6.07) is 2.09. The van der Waals surface area contributed by atoms with E-state index >= 15 is 0 Å². The third-order valence-corrected chi connectivity index (χ3v) is 4.76. The first-order valence-corrected chi connectivity index (χ1v) is 7.52. The number of likely N-dealkylation sites (tertiary alicyclic amines) is 1. The van der Waals surface area contributed by atoms with Crippen molar-refractivity contribution >= 4 is 23.2 Å². The molecule has 2 rings (SSSR count). The lowest BCUT2D eigenvalue weighted by Crippen LogP contribution is -2.47. The number of hydrogen-bond acceptors (Lipinski definition) is 3. The van der Waals surface area contributed by atoms with Crippen molar-refractivity contribution < 1.29 is 14.7 Å². The number of piperidine rings is 1. The van der Waals surface area contributed by atoms with Gasteiger partial charge in [-0.05, 0) is 43.2 Å². The van der Waals surface area contributed by atoms with Gasteiger partial charge in [-0.2, -0.15) is 0 Å². The van der Waals surface area contributed by atoms with E-state index in [4.69, 9.17) is 5.11 Å². The average Bonchev–Trinajstić information content (AvgIpc) is 2.86. The van der Waals surface area contributed by atoms with E-state index in [0.29, 0.717) is 13.0 Å². The summed E-state index contributed by atoms with van der Waals surface area (Å²) in [5, 5.41) is 11.0. The lowest BCUT2D eigenvalue weighted by atomic mass is 9.93. The van der Waals surface area contributed by atoms with E-state index in [1.807, 2.05) is 25.3 Å². The minimum Gasteiger partial charge on any atom is -0.481 e. The van der Waals surface area contributed by atoms with Crippen LogP contribution in [-0.4, -0.2) is 34.5 Å². The topological polar surface area (TPSA) is 57.6 Å². The highest BCUT2D eigenvalue weighted by Crippen LogP contribution is 2.27. The van der Waals surface area contributed by atoms with Crippen LogP contribution in [0.1, 0.15) is 41.9 Å². The zero-order valence-corrected chi connectivity index (χ0v) is 12.1. The number of carboxylic acid groups (broad SMARTS) is 1. The molecule has 0 saturated carbocycles. The molecule has 1 saturated heterocycles. The highest BCUT2D eigenvalue weighted by Gasteiger charge is 2.33. The van der Waals surface area contributed by atoms with Crippen molar-refractivity contribution in [1.82, 2.24) is 4.90 Å². The molecule has 2 unspecified atom stereocenters. The molecule has 104 valence electrons. The van der Waals surface area contributed by atoms with Crippen molar-refractivity contribution in [3.8, 4) is 0 Å². The molecular weight excluding hydrogens is 262 g/mol. The fraction of sp³-hybridized carbons (Fsp3) is 0.571. The molecule has 1 aliphatic rings. The molecule has 0 aromatic carbocycles. The second kappa shape index (κ2) is 5.74. The zero-order valence-electron chi connectivity index (χ0n) is 11.3.